The molecule has 0 bridgehead atoms. The van der Waals surface area contributed by atoms with E-state index < -0.39 is 0 Å². The van der Waals surface area contributed by atoms with Crippen molar-refractivity contribution in [1.82, 2.24) is 23.3 Å². The largest absolute Gasteiger partial charge is 0.510 e. The first-order valence-corrected chi connectivity index (χ1v) is 19.0. The molecule has 0 aliphatic carbocycles. The molecule has 7 aromatic carbocycles. The first-order chi connectivity index (χ1) is 28.1. The van der Waals surface area contributed by atoms with E-state index in [2.05, 4.69) is 142 Å². The fraction of sp³-hybridized carbons (Fsp3) is 0.0400. The summed E-state index contributed by atoms with van der Waals surface area (Å²) in [6.07, 6.45) is 5.28. The number of aryl methyl sites for hydroxylation is 2. The van der Waals surface area contributed by atoms with Gasteiger partial charge in [0.15, 0.2) is 0 Å². The minimum atomic E-state index is 0. The Morgan fingerprint density at radius 2 is 1.19 bits per heavy atom. The number of fused-ring (bicyclic) bond motifs is 13. The van der Waals surface area contributed by atoms with Gasteiger partial charge in [-0.1, -0.05) is 102 Å². The maximum Gasteiger partial charge on any atom is 0.242 e. The second-order valence-corrected chi connectivity index (χ2v) is 14.5. The predicted molar refractivity (Wildman–Crippen MR) is 228 cm³/mol. The van der Waals surface area contributed by atoms with Crippen LogP contribution in [0.1, 0.15) is 0 Å². The fourth-order valence-electron chi connectivity index (χ4n) is 9.05. The summed E-state index contributed by atoms with van der Waals surface area (Å²) in [5, 5.41) is 6.96. The third-order valence-electron chi connectivity index (χ3n) is 11.4. The first kappa shape index (κ1) is 34.3. The van der Waals surface area contributed by atoms with Crippen molar-refractivity contribution < 1.29 is 30.4 Å². The summed E-state index contributed by atoms with van der Waals surface area (Å²) >= 11 is 0. The van der Waals surface area contributed by atoms with Crippen molar-refractivity contribution in [3.8, 4) is 28.7 Å². The zero-order valence-corrected chi connectivity index (χ0v) is 33.7. The van der Waals surface area contributed by atoms with Crippen LogP contribution in [0.4, 0.5) is 0 Å². The minimum absolute atomic E-state index is 0. The minimum Gasteiger partial charge on any atom is -0.510 e. The van der Waals surface area contributed by atoms with Crippen LogP contribution in [0.15, 0.2) is 158 Å². The van der Waals surface area contributed by atoms with E-state index in [1.807, 2.05) is 70.9 Å². The second-order valence-electron chi connectivity index (χ2n) is 14.5. The maximum absolute atomic E-state index is 6.66. The number of rotatable bonds is 5. The molecule has 0 N–H and O–H groups in total. The van der Waals surface area contributed by atoms with Crippen LogP contribution >= 0.6 is 0 Å². The van der Waals surface area contributed by atoms with E-state index in [9.17, 15) is 0 Å². The molecule has 5 heterocycles. The molecule has 8 heteroatoms. The van der Waals surface area contributed by atoms with Crippen LogP contribution in [-0.4, -0.2) is 23.3 Å². The van der Waals surface area contributed by atoms with Crippen molar-refractivity contribution in [2.45, 2.75) is 0 Å². The number of nitrogens with zero attached hydrogens (tertiary/aromatic N) is 6. The smallest absolute Gasteiger partial charge is 0.242 e. The number of pyridine rings is 1. The van der Waals surface area contributed by atoms with Crippen molar-refractivity contribution in [2.24, 2.45) is 14.1 Å². The topological polar surface area (TPSA) is 45.7 Å². The van der Waals surface area contributed by atoms with Crippen LogP contribution in [0, 0.1) is 18.5 Å². The van der Waals surface area contributed by atoms with Gasteiger partial charge < -0.3 is 27.6 Å². The zero-order chi connectivity index (χ0) is 37.8. The maximum atomic E-state index is 6.66. The Labute approximate surface area is 347 Å². The monoisotopic (exact) mass is 927 g/mol. The third-order valence-corrected chi connectivity index (χ3v) is 11.4. The van der Waals surface area contributed by atoms with Crippen molar-refractivity contribution in [3.05, 3.63) is 176 Å². The SMILES string of the molecule is Cn1[c-][n+](-c2[c-]c(Oc3[c-]c4c(cc3)c3c(c5c6ccccc6n(C)c5c5c6ccccc6n(-c6ccccc6)c53)n4-c3ccccn3)ccc2)c2ccccc21.[Pt]. The van der Waals surface area contributed by atoms with Gasteiger partial charge >= 0.3 is 0 Å². The number of ether oxygens (including phenoxy) is 1. The molecule has 0 amide bonds. The molecule has 12 aromatic rings. The van der Waals surface area contributed by atoms with Crippen molar-refractivity contribution >= 4 is 76.5 Å². The number of aromatic nitrogens is 6. The molecule has 12 rings (SSSR count). The van der Waals surface area contributed by atoms with E-state index in [-0.39, 0.29) is 21.1 Å². The molecule has 0 radical (unpaired) electrons. The molecular formula is C50H32N6OPt-2. The molecule has 0 spiro atoms. The second kappa shape index (κ2) is 13.1. The molecule has 0 saturated carbocycles. The van der Waals surface area contributed by atoms with Crippen molar-refractivity contribution in [2.75, 3.05) is 0 Å². The van der Waals surface area contributed by atoms with Crippen LogP contribution in [-0.2, 0) is 35.2 Å². The normalized spacial score (nSPS) is 11.8. The van der Waals surface area contributed by atoms with Gasteiger partial charge in [0.2, 0.25) is 6.33 Å². The van der Waals surface area contributed by atoms with Gasteiger partial charge in [0.25, 0.3) is 0 Å². The van der Waals surface area contributed by atoms with Gasteiger partial charge in [-0.2, -0.15) is 18.2 Å². The van der Waals surface area contributed by atoms with E-state index in [0.29, 0.717) is 11.5 Å². The quantitative estimate of drug-likeness (QED) is 0.128. The molecule has 0 fully saturated rings. The van der Waals surface area contributed by atoms with E-state index in [0.717, 1.165) is 61.1 Å². The standard InChI is InChI=1S/C50H32N6O.Pt/c1-52-31-54(42-24-11-10-23-41(42)52)33-17-14-18-34(29-33)57-35-26-27-38-43(30-35)56(44-25-12-13-28-51-44)50-45-36-19-6-8-21-39(36)53(2)48(45)46-37-20-7-9-22-40(37)55(49(46)47(38)50)32-15-4-3-5-16-32;/h3-28H,1-2H3;/q-2;. The number of hydrogen-bond donors (Lipinski definition) is 0. The van der Waals surface area contributed by atoms with Gasteiger partial charge in [-0.05, 0) is 41.8 Å². The number of hydrogen-bond acceptors (Lipinski definition) is 2. The van der Waals surface area contributed by atoms with E-state index in [1.54, 1.807) is 0 Å². The number of para-hydroxylation sites is 5. The van der Waals surface area contributed by atoms with Crippen LogP contribution < -0.4 is 9.30 Å². The van der Waals surface area contributed by atoms with Gasteiger partial charge in [-0.25, -0.2) is 4.98 Å². The molecule has 0 saturated heterocycles. The predicted octanol–water partition coefficient (Wildman–Crippen LogP) is 10.9. The summed E-state index contributed by atoms with van der Waals surface area (Å²) in [5.74, 6) is 1.97. The van der Waals surface area contributed by atoms with Gasteiger partial charge in [0, 0.05) is 78.6 Å². The Kier molecular flexibility index (Phi) is 7.72. The molecule has 0 aliphatic rings. The Bertz CT molecular complexity index is 3580. The molecule has 0 aliphatic heterocycles. The van der Waals surface area contributed by atoms with Crippen LogP contribution in [0.2, 0.25) is 0 Å². The third kappa shape index (κ3) is 4.83. The van der Waals surface area contributed by atoms with Crippen molar-refractivity contribution in [1.29, 1.82) is 0 Å². The number of benzene rings is 7. The summed E-state index contributed by atoms with van der Waals surface area (Å²) < 4.78 is 17.7. The Morgan fingerprint density at radius 1 is 0.534 bits per heavy atom. The van der Waals surface area contributed by atoms with E-state index in [4.69, 9.17) is 9.72 Å². The van der Waals surface area contributed by atoms with Crippen molar-refractivity contribution in [3.63, 3.8) is 0 Å². The average Bonchev–Trinajstić information content (AvgIpc) is 3.98. The molecule has 280 valence electrons. The van der Waals surface area contributed by atoms with Gasteiger partial charge in [-0.15, -0.1) is 24.3 Å². The zero-order valence-electron chi connectivity index (χ0n) is 31.4. The Hall–Kier alpha value is -6.95. The molecule has 5 aromatic heterocycles. The summed E-state index contributed by atoms with van der Waals surface area (Å²) in [6.45, 7) is 0. The summed E-state index contributed by atoms with van der Waals surface area (Å²) in [6, 6.07) is 59.9. The van der Waals surface area contributed by atoms with Crippen LogP contribution in [0.25, 0.3) is 93.6 Å². The molecular weight excluding hydrogens is 896 g/mol. The van der Waals surface area contributed by atoms with E-state index >= 15 is 0 Å². The Morgan fingerprint density at radius 3 is 1.98 bits per heavy atom. The van der Waals surface area contributed by atoms with Crippen LogP contribution in [0.5, 0.6) is 11.5 Å². The molecule has 0 atom stereocenters. The van der Waals surface area contributed by atoms with Crippen LogP contribution in [0.3, 0.4) is 0 Å². The van der Waals surface area contributed by atoms with Gasteiger partial charge in [0.1, 0.15) is 5.82 Å². The summed E-state index contributed by atoms with van der Waals surface area (Å²) in [4.78, 5) is 4.98. The fourth-order valence-corrected chi connectivity index (χ4v) is 9.05. The first-order valence-electron chi connectivity index (χ1n) is 19.0. The average molecular weight is 928 g/mol. The summed E-state index contributed by atoms with van der Waals surface area (Å²) in [7, 11) is 4.19. The molecule has 0 unspecified atom stereocenters. The number of imidazole rings is 1. The summed E-state index contributed by atoms with van der Waals surface area (Å²) in [5.41, 5.74) is 10.6. The molecule has 7 nitrogen and oxygen atoms in total. The Balaban J connectivity index is 0.00000385. The molecule has 58 heavy (non-hydrogen) atoms. The van der Waals surface area contributed by atoms with E-state index in [1.165, 1.54) is 32.6 Å². The van der Waals surface area contributed by atoms with Gasteiger partial charge in [-0.3, -0.25) is 0 Å². The van der Waals surface area contributed by atoms with Gasteiger partial charge in [0.05, 0.1) is 40.1 Å².